The van der Waals surface area contributed by atoms with E-state index in [4.69, 9.17) is 0 Å². The van der Waals surface area contributed by atoms with Crippen LogP contribution in [-0.4, -0.2) is 11.9 Å². The Hall–Kier alpha value is -1.59. The van der Waals surface area contributed by atoms with Crippen LogP contribution in [0.15, 0.2) is 18.2 Å². The average molecular weight is 275 g/mol. The molecular formula is C13H13F4NO. The number of rotatable bonds is 2. The van der Waals surface area contributed by atoms with Crippen LogP contribution in [-0.2, 0) is 11.0 Å². The maximum atomic E-state index is 13.3. The highest BCUT2D eigenvalue weighted by atomic mass is 19.4. The number of hydrogen-bond acceptors (Lipinski definition) is 1. The monoisotopic (exact) mass is 275 g/mol. The smallest absolute Gasteiger partial charge is 0.353 e. The first-order valence-electron chi connectivity index (χ1n) is 5.98. The highest BCUT2D eigenvalue weighted by Gasteiger charge is 2.36. The van der Waals surface area contributed by atoms with Crippen molar-refractivity contribution in [3.8, 4) is 0 Å². The minimum atomic E-state index is -4.59. The van der Waals surface area contributed by atoms with Crippen molar-refractivity contribution in [1.82, 2.24) is 5.32 Å². The highest BCUT2D eigenvalue weighted by Crippen LogP contribution is 2.35. The first-order valence-corrected chi connectivity index (χ1v) is 5.98. The van der Waals surface area contributed by atoms with Gasteiger partial charge in [0.15, 0.2) is 0 Å². The van der Waals surface area contributed by atoms with Gasteiger partial charge in [0.25, 0.3) is 0 Å². The Kier molecular flexibility index (Phi) is 3.52. The molecule has 1 aliphatic heterocycles. The zero-order chi connectivity index (χ0) is 14.2. The predicted molar refractivity (Wildman–Crippen MR) is 61.0 cm³/mol. The summed E-state index contributed by atoms with van der Waals surface area (Å²) in [6, 6.07) is 2.23. The van der Waals surface area contributed by atoms with Gasteiger partial charge in [-0.25, -0.2) is 4.39 Å². The Morgan fingerprint density at radius 2 is 2.00 bits per heavy atom. The fourth-order valence-corrected chi connectivity index (χ4v) is 2.44. The van der Waals surface area contributed by atoms with Gasteiger partial charge < -0.3 is 5.32 Å². The molecule has 2 atom stereocenters. The Balaban J connectivity index is 2.40. The minimum Gasteiger partial charge on any atom is -0.353 e. The lowest BCUT2D eigenvalue weighted by Gasteiger charge is -2.19. The van der Waals surface area contributed by atoms with Crippen molar-refractivity contribution >= 4 is 5.91 Å². The SMILES string of the molecule is CCC1NC(=O)CC1c1cc(F)cc(C(F)(F)F)c1. The average Bonchev–Trinajstić information content (AvgIpc) is 2.68. The fourth-order valence-electron chi connectivity index (χ4n) is 2.44. The van der Waals surface area contributed by atoms with E-state index in [0.717, 1.165) is 12.1 Å². The molecule has 1 fully saturated rings. The first kappa shape index (κ1) is 13.8. The molecule has 19 heavy (non-hydrogen) atoms. The summed E-state index contributed by atoms with van der Waals surface area (Å²) in [6.45, 7) is 1.83. The summed E-state index contributed by atoms with van der Waals surface area (Å²) < 4.78 is 51.3. The highest BCUT2D eigenvalue weighted by molar-refractivity contribution is 5.80. The molecule has 0 radical (unpaired) electrons. The number of carbonyl (C=O) groups excluding carboxylic acids is 1. The lowest BCUT2D eigenvalue weighted by atomic mass is 9.89. The van der Waals surface area contributed by atoms with E-state index >= 15 is 0 Å². The van der Waals surface area contributed by atoms with Gasteiger partial charge in [-0.2, -0.15) is 13.2 Å². The summed E-state index contributed by atoms with van der Waals surface area (Å²) in [5.41, 5.74) is -0.797. The van der Waals surface area contributed by atoms with Gasteiger partial charge in [0.2, 0.25) is 5.91 Å². The number of nitrogens with one attached hydrogen (secondary N) is 1. The van der Waals surface area contributed by atoms with Gasteiger partial charge in [-0.05, 0) is 30.2 Å². The van der Waals surface area contributed by atoms with E-state index in [2.05, 4.69) is 5.32 Å². The van der Waals surface area contributed by atoms with Crippen LogP contribution in [0.4, 0.5) is 17.6 Å². The van der Waals surface area contributed by atoms with Gasteiger partial charge in [0, 0.05) is 18.4 Å². The Labute approximate surface area is 107 Å². The molecule has 104 valence electrons. The standard InChI is InChI=1S/C13H13F4NO/c1-2-11-10(6-12(19)18-11)7-3-8(13(15,16)17)5-9(14)4-7/h3-5,10-11H,2,6H2,1H3,(H,18,19). The van der Waals surface area contributed by atoms with Crippen LogP contribution >= 0.6 is 0 Å². The van der Waals surface area contributed by atoms with Crippen LogP contribution in [0.3, 0.4) is 0 Å². The molecule has 1 heterocycles. The molecule has 2 rings (SSSR count). The summed E-state index contributed by atoms with van der Waals surface area (Å²) in [6.07, 6.45) is -3.90. The molecule has 0 bridgehead atoms. The van der Waals surface area contributed by atoms with Crippen LogP contribution in [0.2, 0.25) is 0 Å². The molecule has 6 heteroatoms. The second kappa shape index (κ2) is 4.83. The summed E-state index contributed by atoms with van der Waals surface area (Å²) in [5, 5.41) is 2.69. The van der Waals surface area contributed by atoms with Crippen LogP contribution in [0, 0.1) is 5.82 Å². The maximum Gasteiger partial charge on any atom is 0.416 e. The van der Waals surface area contributed by atoms with Crippen molar-refractivity contribution in [3.05, 3.63) is 35.1 Å². The van der Waals surface area contributed by atoms with E-state index in [1.165, 1.54) is 0 Å². The van der Waals surface area contributed by atoms with Gasteiger partial charge in [-0.1, -0.05) is 6.92 Å². The van der Waals surface area contributed by atoms with Gasteiger partial charge in [-0.15, -0.1) is 0 Å². The number of halogens is 4. The molecule has 2 unspecified atom stereocenters. The van der Waals surface area contributed by atoms with E-state index < -0.39 is 23.5 Å². The molecule has 0 aromatic heterocycles. The van der Waals surface area contributed by atoms with Gasteiger partial charge in [0.1, 0.15) is 5.82 Å². The second-order valence-electron chi connectivity index (χ2n) is 4.66. The largest absolute Gasteiger partial charge is 0.416 e. The van der Waals surface area contributed by atoms with Crippen molar-refractivity contribution in [3.63, 3.8) is 0 Å². The lowest BCUT2D eigenvalue weighted by molar-refractivity contribution is -0.137. The lowest BCUT2D eigenvalue weighted by Crippen LogP contribution is -2.27. The van der Waals surface area contributed by atoms with E-state index in [1.807, 2.05) is 6.92 Å². The van der Waals surface area contributed by atoms with Crippen LogP contribution in [0.5, 0.6) is 0 Å². The minimum absolute atomic E-state index is 0.0965. The molecule has 1 aromatic carbocycles. The van der Waals surface area contributed by atoms with E-state index in [9.17, 15) is 22.4 Å². The molecule has 1 aromatic rings. The fraction of sp³-hybridized carbons (Fsp3) is 0.462. The third-order valence-corrected chi connectivity index (χ3v) is 3.35. The van der Waals surface area contributed by atoms with Crippen LogP contribution in [0.1, 0.15) is 36.8 Å². The quantitative estimate of drug-likeness (QED) is 0.825. The molecule has 2 nitrogen and oxygen atoms in total. The van der Waals surface area contributed by atoms with Gasteiger partial charge >= 0.3 is 6.18 Å². The topological polar surface area (TPSA) is 29.1 Å². The number of benzene rings is 1. The van der Waals surface area contributed by atoms with Crippen molar-refractivity contribution < 1.29 is 22.4 Å². The number of alkyl halides is 3. The normalized spacial score (nSPS) is 23.5. The Morgan fingerprint density at radius 1 is 1.32 bits per heavy atom. The maximum absolute atomic E-state index is 13.3. The Bertz CT molecular complexity index is 498. The molecule has 0 aliphatic carbocycles. The third kappa shape index (κ3) is 2.88. The molecule has 0 saturated carbocycles. The summed E-state index contributed by atoms with van der Waals surface area (Å²) >= 11 is 0. The molecule has 1 amide bonds. The molecule has 1 saturated heterocycles. The first-order chi connectivity index (χ1) is 8.81. The summed E-state index contributed by atoms with van der Waals surface area (Å²) in [7, 11) is 0. The summed E-state index contributed by atoms with van der Waals surface area (Å²) in [4.78, 5) is 11.3. The summed E-state index contributed by atoms with van der Waals surface area (Å²) in [5.74, 6) is -1.55. The van der Waals surface area contributed by atoms with Crippen molar-refractivity contribution in [2.24, 2.45) is 0 Å². The number of hydrogen-bond donors (Lipinski definition) is 1. The molecule has 1 N–H and O–H groups in total. The van der Waals surface area contributed by atoms with E-state index in [-0.39, 0.29) is 23.9 Å². The van der Waals surface area contributed by atoms with Crippen LogP contribution in [0.25, 0.3) is 0 Å². The zero-order valence-corrected chi connectivity index (χ0v) is 10.2. The predicted octanol–water partition coefficient (Wildman–Crippen LogP) is 3.23. The van der Waals surface area contributed by atoms with E-state index in [0.29, 0.717) is 12.5 Å². The third-order valence-electron chi connectivity index (χ3n) is 3.35. The molecule has 0 spiro atoms. The van der Waals surface area contributed by atoms with Crippen molar-refractivity contribution in [1.29, 1.82) is 0 Å². The number of carbonyl (C=O) groups is 1. The molecule has 1 aliphatic rings. The van der Waals surface area contributed by atoms with Crippen molar-refractivity contribution in [2.75, 3.05) is 0 Å². The van der Waals surface area contributed by atoms with Gasteiger partial charge in [-0.3, -0.25) is 4.79 Å². The zero-order valence-electron chi connectivity index (χ0n) is 10.2. The second-order valence-corrected chi connectivity index (χ2v) is 4.66. The van der Waals surface area contributed by atoms with Crippen LogP contribution < -0.4 is 5.32 Å². The van der Waals surface area contributed by atoms with Gasteiger partial charge in [0.05, 0.1) is 5.56 Å². The van der Waals surface area contributed by atoms with Crippen molar-refractivity contribution in [2.45, 2.75) is 37.9 Å². The van der Waals surface area contributed by atoms with E-state index in [1.54, 1.807) is 0 Å². The number of amides is 1. The Morgan fingerprint density at radius 3 is 2.58 bits per heavy atom. The molecular weight excluding hydrogens is 262 g/mol.